The van der Waals surface area contributed by atoms with Crippen molar-refractivity contribution < 1.29 is 0 Å². The first-order chi connectivity index (χ1) is 9.31. The quantitative estimate of drug-likeness (QED) is 0.898. The SMILES string of the molecule is Cc1ncsc1CCn1cc(CC2CCNC2)nn1. The molecule has 2 aromatic heterocycles. The molecule has 1 atom stereocenters. The third kappa shape index (κ3) is 3.19. The number of aryl methyl sites for hydroxylation is 3. The van der Waals surface area contributed by atoms with E-state index in [1.165, 1.54) is 11.3 Å². The molecule has 1 saturated heterocycles. The Morgan fingerprint density at radius 3 is 3.21 bits per heavy atom. The van der Waals surface area contributed by atoms with Crippen molar-refractivity contribution >= 4 is 11.3 Å². The molecular formula is C13H19N5S. The van der Waals surface area contributed by atoms with Gasteiger partial charge in [-0.25, -0.2) is 4.98 Å². The first-order valence-electron chi connectivity index (χ1n) is 6.80. The van der Waals surface area contributed by atoms with Gasteiger partial charge in [-0.2, -0.15) is 0 Å². The highest BCUT2D eigenvalue weighted by atomic mass is 32.1. The molecule has 0 bridgehead atoms. The van der Waals surface area contributed by atoms with E-state index in [1.54, 1.807) is 11.3 Å². The van der Waals surface area contributed by atoms with Gasteiger partial charge >= 0.3 is 0 Å². The molecule has 6 heteroatoms. The fourth-order valence-corrected chi connectivity index (χ4v) is 3.28. The van der Waals surface area contributed by atoms with E-state index < -0.39 is 0 Å². The van der Waals surface area contributed by atoms with Crippen LogP contribution in [0.3, 0.4) is 0 Å². The molecule has 3 heterocycles. The number of nitrogens with zero attached hydrogens (tertiary/aromatic N) is 4. The lowest BCUT2D eigenvalue weighted by atomic mass is 10.0. The van der Waals surface area contributed by atoms with Crippen LogP contribution in [0.1, 0.15) is 22.7 Å². The fourth-order valence-electron chi connectivity index (χ4n) is 2.51. The number of nitrogens with one attached hydrogen (secondary N) is 1. The normalized spacial score (nSPS) is 19.1. The van der Waals surface area contributed by atoms with E-state index in [-0.39, 0.29) is 0 Å². The molecule has 1 aliphatic rings. The molecule has 0 aromatic carbocycles. The van der Waals surface area contributed by atoms with E-state index in [2.05, 4.69) is 33.7 Å². The van der Waals surface area contributed by atoms with E-state index in [1.807, 2.05) is 10.2 Å². The maximum atomic E-state index is 4.28. The lowest BCUT2D eigenvalue weighted by molar-refractivity contribution is 0.570. The molecule has 0 radical (unpaired) electrons. The zero-order chi connectivity index (χ0) is 13.1. The summed E-state index contributed by atoms with van der Waals surface area (Å²) in [6, 6.07) is 0. The van der Waals surface area contributed by atoms with Crippen molar-refractivity contribution in [1.82, 2.24) is 25.3 Å². The maximum absolute atomic E-state index is 4.28. The molecular weight excluding hydrogens is 258 g/mol. The number of aromatic nitrogens is 4. The van der Waals surface area contributed by atoms with Crippen LogP contribution in [-0.4, -0.2) is 33.1 Å². The Morgan fingerprint density at radius 2 is 2.47 bits per heavy atom. The molecule has 2 aromatic rings. The highest BCUT2D eigenvalue weighted by Crippen LogP contribution is 2.15. The Bertz CT molecular complexity index is 527. The van der Waals surface area contributed by atoms with Gasteiger partial charge in [-0.15, -0.1) is 16.4 Å². The van der Waals surface area contributed by atoms with E-state index in [9.17, 15) is 0 Å². The van der Waals surface area contributed by atoms with E-state index in [0.717, 1.165) is 49.8 Å². The van der Waals surface area contributed by atoms with Gasteiger partial charge in [0.25, 0.3) is 0 Å². The highest BCUT2D eigenvalue weighted by Gasteiger charge is 2.16. The summed E-state index contributed by atoms with van der Waals surface area (Å²) in [5.41, 5.74) is 4.17. The summed E-state index contributed by atoms with van der Waals surface area (Å²) in [7, 11) is 0. The molecule has 19 heavy (non-hydrogen) atoms. The summed E-state index contributed by atoms with van der Waals surface area (Å²) in [4.78, 5) is 5.61. The third-order valence-electron chi connectivity index (χ3n) is 3.66. The van der Waals surface area contributed by atoms with Gasteiger partial charge in [0.15, 0.2) is 0 Å². The molecule has 0 aliphatic carbocycles. The maximum Gasteiger partial charge on any atom is 0.0830 e. The van der Waals surface area contributed by atoms with Gasteiger partial charge in [-0.3, -0.25) is 4.68 Å². The number of hydrogen-bond donors (Lipinski definition) is 1. The first kappa shape index (κ1) is 12.7. The topological polar surface area (TPSA) is 55.6 Å². The third-order valence-corrected chi connectivity index (χ3v) is 4.65. The molecule has 102 valence electrons. The second kappa shape index (κ2) is 5.79. The molecule has 0 spiro atoms. The predicted molar refractivity (Wildman–Crippen MR) is 75.3 cm³/mol. The smallest absolute Gasteiger partial charge is 0.0830 e. The van der Waals surface area contributed by atoms with Gasteiger partial charge in [0.05, 0.1) is 16.9 Å². The largest absolute Gasteiger partial charge is 0.316 e. The Balaban J connectivity index is 1.54. The Hall–Kier alpha value is -1.27. The van der Waals surface area contributed by atoms with Crippen LogP contribution in [-0.2, 0) is 19.4 Å². The first-order valence-corrected chi connectivity index (χ1v) is 7.68. The van der Waals surface area contributed by atoms with E-state index >= 15 is 0 Å². The monoisotopic (exact) mass is 277 g/mol. The second-order valence-electron chi connectivity index (χ2n) is 5.15. The zero-order valence-electron chi connectivity index (χ0n) is 11.2. The van der Waals surface area contributed by atoms with Gasteiger partial charge in [-0.1, -0.05) is 5.21 Å². The summed E-state index contributed by atoms with van der Waals surface area (Å²) in [5, 5.41) is 11.9. The molecule has 5 nitrogen and oxygen atoms in total. The molecule has 1 fully saturated rings. The molecule has 0 saturated carbocycles. The van der Waals surface area contributed by atoms with Crippen LogP contribution < -0.4 is 5.32 Å². The summed E-state index contributed by atoms with van der Waals surface area (Å²) in [5.74, 6) is 0.730. The van der Waals surface area contributed by atoms with Crippen LogP contribution >= 0.6 is 11.3 Å². The van der Waals surface area contributed by atoms with Gasteiger partial charge in [0.1, 0.15) is 0 Å². The van der Waals surface area contributed by atoms with Crippen molar-refractivity contribution in [2.24, 2.45) is 5.92 Å². The minimum atomic E-state index is 0.730. The van der Waals surface area contributed by atoms with Gasteiger partial charge in [0.2, 0.25) is 0 Å². The van der Waals surface area contributed by atoms with Crippen molar-refractivity contribution in [3.63, 3.8) is 0 Å². The van der Waals surface area contributed by atoms with Crippen LogP contribution in [0.5, 0.6) is 0 Å². The van der Waals surface area contributed by atoms with Crippen LogP contribution in [0.4, 0.5) is 0 Å². The summed E-state index contributed by atoms with van der Waals surface area (Å²) in [6.07, 6.45) is 5.39. The molecule has 1 N–H and O–H groups in total. The van der Waals surface area contributed by atoms with Crippen molar-refractivity contribution in [1.29, 1.82) is 0 Å². The molecule has 1 aliphatic heterocycles. The summed E-state index contributed by atoms with van der Waals surface area (Å²) >= 11 is 1.72. The minimum absolute atomic E-state index is 0.730. The van der Waals surface area contributed by atoms with Crippen molar-refractivity contribution in [2.45, 2.75) is 32.7 Å². The van der Waals surface area contributed by atoms with Crippen molar-refractivity contribution in [3.8, 4) is 0 Å². The minimum Gasteiger partial charge on any atom is -0.316 e. The van der Waals surface area contributed by atoms with Crippen LogP contribution in [0.15, 0.2) is 11.7 Å². The summed E-state index contributed by atoms with van der Waals surface area (Å²) < 4.78 is 1.96. The van der Waals surface area contributed by atoms with Gasteiger partial charge in [-0.05, 0) is 38.8 Å². The lowest BCUT2D eigenvalue weighted by Crippen LogP contribution is -2.10. The predicted octanol–water partition coefficient (Wildman–Crippen LogP) is 1.44. The van der Waals surface area contributed by atoms with Crippen LogP contribution in [0.2, 0.25) is 0 Å². The zero-order valence-corrected chi connectivity index (χ0v) is 12.0. The molecule has 1 unspecified atom stereocenters. The van der Waals surface area contributed by atoms with Crippen LogP contribution in [0.25, 0.3) is 0 Å². The van der Waals surface area contributed by atoms with Gasteiger partial charge < -0.3 is 5.32 Å². The highest BCUT2D eigenvalue weighted by molar-refractivity contribution is 7.09. The average Bonchev–Trinajstić information content (AvgIpc) is 3.10. The Kier molecular flexibility index (Phi) is 3.89. The Labute approximate surface area is 117 Å². The van der Waals surface area contributed by atoms with E-state index in [4.69, 9.17) is 0 Å². The van der Waals surface area contributed by atoms with E-state index in [0.29, 0.717) is 0 Å². The number of rotatable bonds is 5. The number of hydrogen-bond acceptors (Lipinski definition) is 5. The standard InChI is InChI=1S/C13H19N5S/c1-10-13(19-9-15-10)3-5-18-8-12(16-17-18)6-11-2-4-14-7-11/h8-9,11,14H,2-7H2,1H3. The van der Waals surface area contributed by atoms with Crippen molar-refractivity contribution in [3.05, 3.63) is 28.0 Å². The average molecular weight is 277 g/mol. The lowest BCUT2D eigenvalue weighted by Gasteiger charge is -2.03. The second-order valence-corrected chi connectivity index (χ2v) is 6.09. The summed E-state index contributed by atoms with van der Waals surface area (Å²) in [6.45, 7) is 5.21. The molecule has 3 rings (SSSR count). The van der Waals surface area contributed by atoms with Crippen LogP contribution in [0, 0.1) is 12.8 Å². The Morgan fingerprint density at radius 1 is 1.53 bits per heavy atom. The fraction of sp³-hybridized carbons (Fsp3) is 0.615. The molecule has 0 amide bonds. The van der Waals surface area contributed by atoms with Crippen molar-refractivity contribution in [2.75, 3.05) is 13.1 Å². The van der Waals surface area contributed by atoms with Gasteiger partial charge in [0, 0.05) is 24.0 Å². The number of thiazole rings is 1.